The Hall–Kier alpha value is -2.92. The number of hydrogen-bond acceptors (Lipinski definition) is 8. The van der Waals surface area contributed by atoms with E-state index in [1.807, 2.05) is 36.4 Å². The van der Waals surface area contributed by atoms with E-state index in [0.29, 0.717) is 17.6 Å². The maximum absolute atomic E-state index is 14.2. The fourth-order valence-electron chi connectivity index (χ4n) is 7.59. The number of fused-ring (bicyclic) bond motifs is 2. The van der Waals surface area contributed by atoms with Gasteiger partial charge in [-0.15, -0.1) is 0 Å². The summed E-state index contributed by atoms with van der Waals surface area (Å²) in [7, 11) is 1.62. The molecule has 9 heteroatoms. The van der Waals surface area contributed by atoms with Crippen molar-refractivity contribution in [1.29, 1.82) is 0 Å². The van der Waals surface area contributed by atoms with Gasteiger partial charge in [-0.05, 0) is 33.8 Å². The smallest absolute Gasteiger partial charge is 0.334 e. The van der Waals surface area contributed by atoms with Crippen molar-refractivity contribution in [2.45, 2.75) is 45.1 Å². The third kappa shape index (κ3) is 6.66. The van der Waals surface area contributed by atoms with E-state index in [1.165, 1.54) is 7.11 Å². The summed E-state index contributed by atoms with van der Waals surface area (Å²) < 4.78 is 34.3. The molecule has 0 amide bonds. The van der Waals surface area contributed by atoms with Gasteiger partial charge in [0.2, 0.25) is 0 Å². The van der Waals surface area contributed by atoms with Gasteiger partial charge in [0.05, 0.1) is 20.3 Å². The largest absolute Gasteiger partial charge is 0.466 e. The van der Waals surface area contributed by atoms with Gasteiger partial charge < -0.3 is 28.1 Å². The number of ether oxygens (including phenoxy) is 5. The number of esters is 1. The highest BCUT2D eigenvalue weighted by Gasteiger charge is 2.63. The Balaban J connectivity index is 1.74. The SMILES string of the molecule is C=C(COCOC)C1(COCOC)[C@@H]2CC[C@H]1C(=O)/C2=C(/CCO[Si](c1ccccc1)(c1ccccc1)C(C)(C)C)C(=O)OC. The van der Waals surface area contributed by atoms with Crippen LogP contribution in [-0.2, 0) is 37.7 Å². The summed E-state index contributed by atoms with van der Waals surface area (Å²) in [6, 6.07) is 20.7. The summed E-state index contributed by atoms with van der Waals surface area (Å²) in [5.74, 6) is -1.21. The first-order valence-electron chi connectivity index (χ1n) is 15.5. The molecule has 0 heterocycles. The van der Waals surface area contributed by atoms with Crippen LogP contribution in [0.1, 0.15) is 40.0 Å². The monoisotopic (exact) mass is 636 g/mol. The van der Waals surface area contributed by atoms with Gasteiger partial charge in [0, 0.05) is 55.6 Å². The molecule has 0 aliphatic heterocycles. The maximum Gasteiger partial charge on any atom is 0.334 e. The molecule has 2 aromatic carbocycles. The number of allylic oxidation sites excluding steroid dienone is 1. The van der Waals surface area contributed by atoms with Crippen molar-refractivity contribution in [1.82, 2.24) is 0 Å². The summed E-state index contributed by atoms with van der Waals surface area (Å²) in [5.41, 5.74) is 0.906. The van der Waals surface area contributed by atoms with Crippen LogP contribution in [0.3, 0.4) is 0 Å². The van der Waals surface area contributed by atoms with Crippen molar-refractivity contribution in [2.75, 3.05) is 54.7 Å². The highest BCUT2D eigenvalue weighted by atomic mass is 28.4. The lowest BCUT2D eigenvalue weighted by atomic mass is 9.72. The van der Waals surface area contributed by atoms with E-state index in [0.717, 1.165) is 22.4 Å². The summed E-state index contributed by atoms with van der Waals surface area (Å²) >= 11 is 0. The number of Topliss-reactive ketones (excluding diaryl/α,β-unsaturated/α-hetero) is 1. The maximum atomic E-state index is 14.2. The number of benzene rings is 2. The first-order chi connectivity index (χ1) is 21.6. The molecule has 244 valence electrons. The van der Waals surface area contributed by atoms with Gasteiger partial charge in [-0.2, -0.15) is 0 Å². The molecule has 8 nitrogen and oxygen atoms in total. The van der Waals surface area contributed by atoms with Gasteiger partial charge in [-0.25, -0.2) is 4.79 Å². The summed E-state index contributed by atoms with van der Waals surface area (Å²) in [5, 5.41) is 2.06. The van der Waals surface area contributed by atoms with E-state index in [-0.39, 0.29) is 62.5 Å². The lowest BCUT2D eigenvalue weighted by molar-refractivity contribution is -0.136. The molecule has 1 unspecified atom stereocenters. The lowest BCUT2D eigenvalue weighted by Crippen LogP contribution is -2.66. The third-order valence-electron chi connectivity index (χ3n) is 9.44. The minimum absolute atomic E-state index is 0.0500. The fourth-order valence-corrected chi connectivity index (χ4v) is 12.2. The number of hydrogen-bond donors (Lipinski definition) is 0. The van der Waals surface area contributed by atoms with Crippen LogP contribution in [0.2, 0.25) is 5.04 Å². The highest BCUT2D eigenvalue weighted by molar-refractivity contribution is 6.99. The summed E-state index contributed by atoms with van der Waals surface area (Å²) in [4.78, 5) is 27.7. The van der Waals surface area contributed by atoms with Crippen molar-refractivity contribution in [3.05, 3.63) is 84.0 Å². The average Bonchev–Trinajstić information content (AvgIpc) is 3.52. The molecule has 0 radical (unpaired) electrons. The minimum Gasteiger partial charge on any atom is -0.466 e. The van der Waals surface area contributed by atoms with E-state index in [9.17, 15) is 9.59 Å². The van der Waals surface area contributed by atoms with Gasteiger partial charge in [0.25, 0.3) is 8.32 Å². The molecule has 45 heavy (non-hydrogen) atoms. The van der Waals surface area contributed by atoms with Crippen molar-refractivity contribution in [3.8, 4) is 0 Å². The molecule has 0 saturated heterocycles. The Bertz CT molecular complexity index is 1310. The molecule has 2 saturated carbocycles. The molecule has 0 aromatic heterocycles. The zero-order chi connectivity index (χ0) is 32.7. The van der Waals surface area contributed by atoms with Crippen LogP contribution in [0.4, 0.5) is 0 Å². The topological polar surface area (TPSA) is 89.5 Å². The molecular weight excluding hydrogens is 588 g/mol. The normalized spacial score (nSPS) is 22.5. The van der Waals surface area contributed by atoms with Gasteiger partial charge in [0.15, 0.2) is 5.78 Å². The zero-order valence-electron chi connectivity index (χ0n) is 27.6. The van der Waals surface area contributed by atoms with Crippen LogP contribution in [0.5, 0.6) is 0 Å². The second-order valence-electron chi connectivity index (χ2n) is 12.8. The Labute approximate surface area is 268 Å². The second-order valence-corrected chi connectivity index (χ2v) is 17.2. The predicted molar refractivity (Wildman–Crippen MR) is 176 cm³/mol. The van der Waals surface area contributed by atoms with Crippen molar-refractivity contribution >= 4 is 30.4 Å². The molecule has 3 atom stereocenters. The molecule has 2 aliphatic rings. The second kappa shape index (κ2) is 15.1. The van der Waals surface area contributed by atoms with Gasteiger partial charge in [0.1, 0.15) is 13.6 Å². The third-order valence-corrected chi connectivity index (χ3v) is 14.5. The lowest BCUT2D eigenvalue weighted by Gasteiger charge is -2.43. The Morgan fingerprint density at radius 1 is 0.889 bits per heavy atom. The average molecular weight is 637 g/mol. The number of ketones is 1. The molecular formula is C36H48O8Si. The van der Waals surface area contributed by atoms with E-state index < -0.39 is 19.7 Å². The molecule has 4 rings (SSSR count). The van der Waals surface area contributed by atoms with Crippen molar-refractivity contribution < 1.29 is 37.7 Å². The van der Waals surface area contributed by atoms with Crippen LogP contribution in [0, 0.1) is 17.3 Å². The summed E-state index contributed by atoms with van der Waals surface area (Å²) in [6.45, 7) is 11.9. The van der Waals surface area contributed by atoms with E-state index in [2.05, 4.69) is 51.6 Å². The zero-order valence-corrected chi connectivity index (χ0v) is 28.6. The standard InChI is InChI=1S/C36H48O8Si/c1-26(22-42-24-39-5)36(23-43-25-40-6)30-18-19-31(36)33(37)32(30)29(34(38)41-7)20-21-44-45(35(2,3)4,27-14-10-8-11-15-27)28-16-12-9-13-17-28/h8-17,30-31H,1,18-25H2,2-7H3/b32-29-/t30-,31+,36?/m1/s1. The van der Waals surface area contributed by atoms with Crippen LogP contribution < -0.4 is 10.4 Å². The molecule has 2 fully saturated rings. The number of methoxy groups -OCH3 is 3. The molecule has 0 spiro atoms. The number of carbonyl (C=O) groups excluding carboxylic acids is 2. The Kier molecular flexibility index (Phi) is 11.7. The number of carbonyl (C=O) groups is 2. The van der Waals surface area contributed by atoms with Crippen LogP contribution in [0.25, 0.3) is 0 Å². The quantitative estimate of drug-likeness (QED) is 0.0648. The van der Waals surface area contributed by atoms with E-state index >= 15 is 0 Å². The first kappa shape index (κ1) is 34.9. The minimum atomic E-state index is -2.86. The molecule has 2 bridgehead atoms. The van der Waals surface area contributed by atoms with Gasteiger partial charge >= 0.3 is 5.97 Å². The molecule has 2 aliphatic carbocycles. The van der Waals surface area contributed by atoms with E-state index in [4.69, 9.17) is 28.1 Å². The van der Waals surface area contributed by atoms with Crippen LogP contribution in [-0.4, -0.2) is 74.8 Å². The summed E-state index contributed by atoms with van der Waals surface area (Å²) in [6.07, 6.45) is 1.64. The Morgan fingerprint density at radius 2 is 1.44 bits per heavy atom. The highest BCUT2D eigenvalue weighted by Crippen LogP contribution is 2.62. The van der Waals surface area contributed by atoms with Crippen LogP contribution >= 0.6 is 0 Å². The van der Waals surface area contributed by atoms with Gasteiger partial charge in [-0.3, -0.25) is 4.79 Å². The number of rotatable bonds is 16. The van der Waals surface area contributed by atoms with Crippen molar-refractivity contribution in [3.63, 3.8) is 0 Å². The Morgan fingerprint density at radius 3 is 1.98 bits per heavy atom. The predicted octanol–water partition coefficient (Wildman–Crippen LogP) is 4.82. The fraction of sp³-hybridized carbons (Fsp3) is 0.500. The molecule has 0 N–H and O–H groups in total. The van der Waals surface area contributed by atoms with Gasteiger partial charge in [-0.1, -0.05) is 88.0 Å². The van der Waals surface area contributed by atoms with Crippen LogP contribution in [0.15, 0.2) is 84.0 Å². The van der Waals surface area contributed by atoms with Crippen molar-refractivity contribution in [2.24, 2.45) is 17.3 Å². The first-order valence-corrected chi connectivity index (χ1v) is 17.4. The molecule has 2 aromatic rings. The van der Waals surface area contributed by atoms with E-state index in [1.54, 1.807) is 14.2 Å².